The number of aromatic nitrogens is 2. The van der Waals surface area contributed by atoms with E-state index in [-0.39, 0.29) is 10.5 Å². The van der Waals surface area contributed by atoms with Crippen LogP contribution in [0, 0.1) is 0 Å². The Morgan fingerprint density at radius 1 is 1.45 bits per heavy atom. The van der Waals surface area contributed by atoms with Crippen LogP contribution < -0.4 is 5.14 Å². The van der Waals surface area contributed by atoms with Gasteiger partial charge in [0.25, 0.3) is 0 Å². The van der Waals surface area contributed by atoms with Crippen LogP contribution in [-0.4, -0.2) is 29.0 Å². The van der Waals surface area contributed by atoms with Gasteiger partial charge in [0.1, 0.15) is 4.90 Å². The SMILES string of the molecule is CCCCn1cnc2cc(C(=O)O)cc(S(N)(=O)=O)c21. The Balaban J connectivity index is 2.75. The number of unbranched alkanes of at least 4 members (excludes halogenated alkanes) is 1. The van der Waals surface area contributed by atoms with Gasteiger partial charge in [0.05, 0.1) is 22.9 Å². The highest BCUT2D eigenvalue weighted by atomic mass is 32.2. The first kappa shape index (κ1) is 14.5. The monoisotopic (exact) mass is 297 g/mol. The number of primary sulfonamides is 1. The maximum absolute atomic E-state index is 11.7. The van der Waals surface area contributed by atoms with Gasteiger partial charge in [-0.1, -0.05) is 13.3 Å². The number of carboxylic acids is 1. The quantitative estimate of drug-likeness (QED) is 0.859. The Hall–Kier alpha value is -1.93. The molecule has 1 heterocycles. The molecule has 0 aliphatic rings. The summed E-state index contributed by atoms with van der Waals surface area (Å²) in [6, 6.07) is 2.42. The third kappa shape index (κ3) is 2.66. The summed E-state index contributed by atoms with van der Waals surface area (Å²) in [6.07, 6.45) is 3.30. The molecule has 108 valence electrons. The number of carbonyl (C=O) groups is 1. The van der Waals surface area contributed by atoms with Crippen LogP contribution in [0.3, 0.4) is 0 Å². The van der Waals surface area contributed by atoms with Gasteiger partial charge in [-0.05, 0) is 18.6 Å². The normalized spacial score (nSPS) is 11.9. The molecule has 7 nitrogen and oxygen atoms in total. The summed E-state index contributed by atoms with van der Waals surface area (Å²) in [5, 5.41) is 14.2. The van der Waals surface area contributed by atoms with Crippen LogP contribution >= 0.6 is 0 Å². The number of rotatable bonds is 5. The summed E-state index contributed by atoms with van der Waals surface area (Å²) < 4.78 is 25.1. The van der Waals surface area contributed by atoms with E-state index in [1.807, 2.05) is 6.92 Å². The van der Waals surface area contributed by atoms with E-state index in [1.54, 1.807) is 4.57 Å². The minimum atomic E-state index is -4.03. The van der Waals surface area contributed by atoms with Crippen molar-refractivity contribution in [2.75, 3.05) is 0 Å². The minimum Gasteiger partial charge on any atom is -0.478 e. The summed E-state index contributed by atoms with van der Waals surface area (Å²) in [5.41, 5.74) is 0.512. The largest absolute Gasteiger partial charge is 0.478 e. The van der Waals surface area contributed by atoms with Crippen LogP contribution in [0.25, 0.3) is 11.0 Å². The molecule has 0 unspecified atom stereocenters. The first-order valence-corrected chi connectivity index (χ1v) is 7.64. The Kier molecular flexibility index (Phi) is 3.78. The summed E-state index contributed by atoms with van der Waals surface area (Å²) in [5.74, 6) is -1.22. The number of hydrogen-bond donors (Lipinski definition) is 2. The topological polar surface area (TPSA) is 115 Å². The summed E-state index contributed by atoms with van der Waals surface area (Å²) >= 11 is 0. The number of aromatic carboxylic acids is 1. The van der Waals surface area contributed by atoms with E-state index in [9.17, 15) is 13.2 Å². The van der Waals surface area contributed by atoms with Crippen molar-refractivity contribution < 1.29 is 18.3 Å². The van der Waals surface area contributed by atoms with Gasteiger partial charge in [0.2, 0.25) is 10.0 Å². The number of aryl methyl sites for hydroxylation is 1. The fourth-order valence-corrected chi connectivity index (χ4v) is 2.79. The zero-order valence-corrected chi connectivity index (χ0v) is 11.7. The number of nitrogens with two attached hydrogens (primary N) is 1. The Bertz CT molecular complexity index is 764. The molecule has 0 atom stereocenters. The molecule has 2 rings (SSSR count). The molecule has 1 aromatic heterocycles. The van der Waals surface area contributed by atoms with E-state index in [0.29, 0.717) is 17.6 Å². The second-order valence-electron chi connectivity index (χ2n) is 4.48. The number of imidazole rings is 1. The van der Waals surface area contributed by atoms with Gasteiger partial charge in [-0.2, -0.15) is 0 Å². The van der Waals surface area contributed by atoms with Crippen LogP contribution in [0.15, 0.2) is 23.4 Å². The lowest BCUT2D eigenvalue weighted by molar-refractivity contribution is 0.0697. The molecule has 8 heteroatoms. The molecule has 0 spiro atoms. The Morgan fingerprint density at radius 3 is 2.70 bits per heavy atom. The van der Waals surface area contributed by atoms with Gasteiger partial charge in [-0.15, -0.1) is 0 Å². The van der Waals surface area contributed by atoms with Crippen molar-refractivity contribution >= 4 is 27.0 Å². The standard InChI is InChI=1S/C12H15N3O4S/c1-2-3-4-15-7-14-9-5-8(12(16)17)6-10(11(9)15)20(13,18)19/h5-7H,2-4H2,1H3,(H,16,17)(H2,13,18,19). The van der Waals surface area contributed by atoms with Gasteiger partial charge in [-0.25, -0.2) is 23.3 Å². The number of nitrogens with zero attached hydrogens (tertiary/aromatic N) is 2. The van der Waals surface area contributed by atoms with E-state index >= 15 is 0 Å². The molecule has 0 saturated carbocycles. The number of sulfonamides is 1. The Morgan fingerprint density at radius 2 is 2.15 bits per heavy atom. The van der Waals surface area contributed by atoms with Crippen molar-refractivity contribution in [3.63, 3.8) is 0 Å². The third-order valence-corrected chi connectivity index (χ3v) is 3.91. The van der Waals surface area contributed by atoms with E-state index in [4.69, 9.17) is 10.2 Å². The van der Waals surface area contributed by atoms with Crippen molar-refractivity contribution in [3.8, 4) is 0 Å². The lowest BCUT2D eigenvalue weighted by Crippen LogP contribution is -2.15. The number of benzene rings is 1. The number of carboxylic acid groups (broad SMARTS) is 1. The van der Waals surface area contributed by atoms with Gasteiger partial charge >= 0.3 is 5.97 Å². The predicted octanol–water partition coefficient (Wildman–Crippen LogP) is 1.18. The zero-order valence-electron chi connectivity index (χ0n) is 10.9. The first-order valence-electron chi connectivity index (χ1n) is 6.09. The highest BCUT2D eigenvalue weighted by molar-refractivity contribution is 7.89. The Labute approximate surface area is 116 Å². The van der Waals surface area contributed by atoms with Gasteiger partial charge < -0.3 is 9.67 Å². The molecule has 0 bridgehead atoms. The summed E-state index contributed by atoms with van der Waals surface area (Å²) in [7, 11) is -4.03. The highest BCUT2D eigenvalue weighted by Gasteiger charge is 2.20. The maximum Gasteiger partial charge on any atom is 0.335 e. The van der Waals surface area contributed by atoms with Crippen molar-refractivity contribution in [1.29, 1.82) is 0 Å². The van der Waals surface area contributed by atoms with E-state index in [0.717, 1.165) is 18.9 Å². The zero-order chi connectivity index (χ0) is 14.9. The molecule has 0 aliphatic carbocycles. The molecule has 0 saturated heterocycles. The van der Waals surface area contributed by atoms with Crippen molar-refractivity contribution in [3.05, 3.63) is 24.0 Å². The van der Waals surface area contributed by atoms with Crippen molar-refractivity contribution in [2.45, 2.75) is 31.2 Å². The van der Waals surface area contributed by atoms with Crippen LogP contribution in [0.5, 0.6) is 0 Å². The maximum atomic E-state index is 11.7. The fraction of sp³-hybridized carbons (Fsp3) is 0.333. The van der Waals surface area contributed by atoms with E-state index in [2.05, 4.69) is 4.98 Å². The smallest absolute Gasteiger partial charge is 0.335 e. The molecule has 0 radical (unpaired) electrons. The molecule has 2 aromatic rings. The lowest BCUT2D eigenvalue weighted by atomic mass is 10.2. The summed E-state index contributed by atoms with van der Waals surface area (Å²) in [6.45, 7) is 2.62. The highest BCUT2D eigenvalue weighted by Crippen LogP contribution is 2.24. The van der Waals surface area contributed by atoms with E-state index in [1.165, 1.54) is 12.4 Å². The molecule has 20 heavy (non-hydrogen) atoms. The molecular weight excluding hydrogens is 282 g/mol. The molecule has 3 N–H and O–H groups in total. The predicted molar refractivity (Wildman–Crippen MR) is 73.0 cm³/mol. The average Bonchev–Trinajstić information content (AvgIpc) is 2.76. The molecule has 0 amide bonds. The van der Waals surface area contributed by atoms with Crippen LogP contribution in [0.2, 0.25) is 0 Å². The lowest BCUT2D eigenvalue weighted by Gasteiger charge is -2.08. The molecule has 1 aromatic carbocycles. The van der Waals surface area contributed by atoms with Gasteiger partial charge in [-0.3, -0.25) is 0 Å². The minimum absolute atomic E-state index is 0.151. The van der Waals surface area contributed by atoms with Crippen LogP contribution in [-0.2, 0) is 16.6 Å². The van der Waals surface area contributed by atoms with Crippen molar-refractivity contribution in [2.24, 2.45) is 5.14 Å². The average molecular weight is 297 g/mol. The molecular formula is C12H15N3O4S. The van der Waals surface area contributed by atoms with Crippen LogP contribution in [0.4, 0.5) is 0 Å². The summed E-state index contributed by atoms with van der Waals surface area (Å²) in [4.78, 5) is 14.9. The first-order chi connectivity index (χ1) is 9.34. The van der Waals surface area contributed by atoms with Crippen LogP contribution in [0.1, 0.15) is 30.1 Å². The van der Waals surface area contributed by atoms with E-state index < -0.39 is 16.0 Å². The van der Waals surface area contributed by atoms with Gasteiger partial charge in [0, 0.05) is 6.54 Å². The second kappa shape index (κ2) is 5.22. The van der Waals surface area contributed by atoms with Gasteiger partial charge in [0.15, 0.2) is 0 Å². The molecule has 0 fully saturated rings. The fourth-order valence-electron chi connectivity index (χ4n) is 2.01. The number of hydrogen-bond acceptors (Lipinski definition) is 4. The number of fused-ring (bicyclic) bond motifs is 1. The third-order valence-electron chi connectivity index (χ3n) is 2.98. The second-order valence-corrected chi connectivity index (χ2v) is 6.01. The van der Waals surface area contributed by atoms with Crippen molar-refractivity contribution in [1.82, 2.24) is 9.55 Å². The molecule has 0 aliphatic heterocycles.